The Bertz CT molecular complexity index is 1110. The van der Waals surface area contributed by atoms with Crippen molar-refractivity contribution in [2.75, 3.05) is 0 Å². The van der Waals surface area contributed by atoms with Crippen LogP contribution >= 0.6 is 15.9 Å². The summed E-state index contributed by atoms with van der Waals surface area (Å²) in [6.45, 7) is 8.61. The number of halogens is 1. The lowest BCUT2D eigenvalue weighted by atomic mass is 9.99. The van der Waals surface area contributed by atoms with Crippen molar-refractivity contribution in [3.05, 3.63) is 106 Å². The van der Waals surface area contributed by atoms with Crippen molar-refractivity contribution in [3.63, 3.8) is 0 Å². The van der Waals surface area contributed by atoms with Crippen LogP contribution in [-0.4, -0.2) is 28.8 Å². The van der Waals surface area contributed by atoms with E-state index in [4.69, 9.17) is 0 Å². The van der Waals surface area contributed by atoms with Crippen molar-refractivity contribution in [1.29, 1.82) is 0 Å². The molecule has 1 unspecified atom stereocenters. The van der Waals surface area contributed by atoms with Crippen molar-refractivity contribution in [2.24, 2.45) is 0 Å². The van der Waals surface area contributed by atoms with Gasteiger partial charge in [-0.25, -0.2) is 0 Å². The van der Waals surface area contributed by atoms with E-state index in [0.717, 1.165) is 21.2 Å². The zero-order valence-corrected chi connectivity index (χ0v) is 23.3. The molecule has 3 aromatic rings. The minimum atomic E-state index is -0.603. The SMILES string of the molecule is CC(C)NC(=O)C(Cc1ccccc1)N(Cc1ccc(Br)cc1)C(=O)CCc1ccc(C(C)C)cc1. The van der Waals surface area contributed by atoms with Crippen LogP contribution in [0.3, 0.4) is 0 Å². The molecule has 4 nitrogen and oxygen atoms in total. The van der Waals surface area contributed by atoms with Crippen molar-refractivity contribution < 1.29 is 9.59 Å². The van der Waals surface area contributed by atoms with Crippen LogP contribution < -0.4 is 5.32 Å². The summed E-state index contributed by atoms with van der Waals surface area (Å²) in [5, 5.41) is 3.04. The molecule has 1 N–H and O–H groups in total. The fraction of sp³-hybridized carbons (Fsp3) is 0.355. The number of carbonyl (C=O) groups excluding carboxylic acids is 2. The van der Waals surface area contributed by atoms with Gasteiger partial charge in [0.05, 0.1) is 0 Å². The van der Waals surface area contributed by atoms with Gasteiger partial charge in [-0.1, -0.05) is 96.5 Å². The summed E-state index contributed by atoms with van der Waals surface area (Å²) in [4.78, 5) is 28.9. The van der Waals surface area contributed by atoms with Crippen LogP contribution in [-0.2, 0) is 29.0 Å². The van der Waals surface area contributed by atoms with Gasteiger partial charge in [0.25, 0.3) is 0 Å². The van der Waals surface area contributed by atoms with Crippen LogP contribution in [0, 0.1) is 0 Å². The van der Waals surface area contributed by atoms with Crippen LogP contribution in [0.5, 0.6) is 0 Å². The third-order valence-corrected chi connectivity index (χ3v) is 6.77. The van der Waals surface area contributed by atoms with Gasteiger partial charge in [-0.15, -0.1) is 0 Å². The van der Waals surface area contributed by atoms with Gasteiger partial charge in [-0.2, -0.15) is 0 Å². The van der Waals surface area contributed by atoms with Gasteiger partial charge in [-0.3, -0.25) is 9.59 Å². The number of hydrogen-bond donors (Lipinski definition) is 1. The van der Waals surface area contributed by atoms with Crippen LogP contribution in [0.15, 0.2) is 83.3 Å². The molecule has 5 heteroatoms. The molecule has 0 radical (unpaired) electrons. The maximum Gasteiger partial charge on any atom is 0.243 e. The zero-order chi connectivity index (χ0) is 26.1. The normalized spacial score (nSPS) is 12.0. The van der Waals surface area contributed by atoms with Gasteiger partial charge in [0.1, 0.15) is 6.04 Å². The molecule has 0 saturated heterocycles. The van der Waals surface area contributed by atoms with Crippen molar-refractivity contribution >= 4 is 27.7 Å². The van der Waals surface area contributed by atoms with Gasteiger partial charge in [0, 0.05) is 29.9 Å². The van der Waals surface area contributed by atoms with Crippen LogP contribution in [0.4, 0.5) is 0 Å². The predicted molar refractivity (Wildman–Crippen MR) is 151 cm³/mol. The van der Waals surface area contributed by atoms with Crippen molar-refractivity contribution in [2.45, 2.75) is 71.5 Å². The predicted octanol–water partition coefficient (Wildman–Crippen LogP) is 6.67. The van der Waals surface area contributed by atoms with E-state index in [2.05, 4.69) is 59.4 Å². The highest BCUT2D eigenvalue weighted by Gasteiger charge is 2.30. The van der Waals surface area contributed by atoms with Gasteiger partial charge >= 0.3 is 0 Å². The summed E-state index contributed by atoms with van der Waals surface area (Å²) in [6, 6.07) is 25.7. The summed E-state index contributed by atoms with van der Waals surface area (Å²) >= 11 is 3.48. The van der Waals surface area contributed by atoms with Crippen molar-refractivity contribution in [3.8, 4) is 0 Å². The van der Waals surface area contributed by atoms with E-state index in [0.29, 0.717) is 31.7 Å². The van der Waals surface area contributed by atoms with Crippen molar-refractivity contribution in [1.82, 2.24) is 10.2 Å². The molecule has 190 valence electrons. The van der Waals surface area contributed by atoms with E-state index >= 15 is 0 Å². The second kappa shape index (κ2) is 13.4. The third kappa shape index (κ3) is 8.34. The van der Waals surface area contributed by atoms with Gasteiger partial charge in [0.2, 0.25) is 11.8 Å². The first-order chi connectivity index (χ1) is 17.2. The second-order valence-electron chi connectivity index (χ2n) is 9.91. The summed E-state index contributed by atoms with van der Waals surface area (Å²) in [6.07, 6.45) is 1.44. The monoisotopic (exact) mass is 548 g/mol. The van der Waals surface area contributed by atoms with E-state index in [1.54, 1.807) is 4.90 Å². The molecule has 2 amide bonds. The number of aryl methyl sites for hydroxylation is 1. The molecule has 3 rings (SSSR count). The Morgan fingerprint density at radius 3 is 2.00 bits per heavy atom. The highest BCUT2D eigenvalue weighted by molar-refractivity contribution is 9.10. The summed E-state index contributed by atoms with van der Waals surface area (Å²) < 4.78 is 0.979. The standard InChI is InChI=1S/C31H37BrN2O2/c1-22(2)27-15-10-24(11-16-27)14-19-30(35)34(21-26-12-17-28(32)18-13-26)29(31(36)33-23(3)4)20-25-8-6-5-7-9-25/h5-13,15-18,22-23,29H,14,19-21H2,1-4H3,(H,33,36). The molecule has 0 aliphatic carbocycles. The number of nitrogens with zero attached hydrogens (tertiary/aromatic N) is 1. The highest BCUT2D eigenvalue weighted by Crippen LogP contribution is 2.20. The quantitative estimate of drug-likeness (QED) is 0.291. The summed E-state index contributed by atoms with van der Waals surface area (Å²) in [5.74, 6) is 0.326. The smallest absolute Gasteiger partial charge is 0.243 e. The Morgan fingerprint density at radius 2 is 1.42 bits per heavy atom. The summed E-state index contributed by atoms with van der Waals surface area (Å²) in [7, 11) is 0. The first-order valence-corrected chi connectivity index (χ1v) is 13.5. The van der Waals surface area contributed by atoms with E-state index in [-0.39, 0.29) is 17.9 Å². The third-order valence-electron chi connectivity index (χ3n) is 6.24. The molecule has 0 aliphatic heterocycles. The number of carbonyl (C=O) groups is 2. The molecule has 0 saturated carbocycles. The minimum absolute atomic E-state index is 0.0140. The average molecular weight is 550 g/mol. The fourth-order valence-corrected chi connectivity index (χ4v) is 4.45. The first-order valence-electron chi connectivity index (χ1n) is 12.7. The second-order valence-corrected chi connectivity index (χ2v) is 10.8. The van der Waals surface area contributed by atoms with E-state index in [1.807, 2.05) is 68.4 Å². The molecular weight excluding hydrogens is 512 g/mol. The van der Waals surface area contributed by atoms with E-state index < -0.39 is 6.04 Å². The van der Waals surface area contributed by atoms with Gasteiger partial charge in [0.15, 0.2) is 0 Å². The Kier molecular flexibility index (Phi) is 10.3. The lowest BCUT2D eigenvalue weighted by Crippen LogP contribution is -2.51. The van der Waals surface area contributed by atoms with Gasteiger partial charge in [-0.05, 0) is 60.6 Å². The lowest BCUT2D eigenvalue weighted by Gasteiger charge is -2.32. The largest absolute Gasteiger partial charge is 0.352 e. The number of amides is 2. The molecule has 3 aromatic carbocycles. The maximum atomic E-state index is 13.7. The molecule has 0 bridgehead atoms. The number of benzene rings is 3. The molecule has 0 aliphatic rings. The van der Waals surface area contributed by atoms with E-state index in [9.17, 15) is 9.59 Å². The number of rotatable bonds is 11. The Balaban J connectivity index is 1.87. The van der Waals surface area contributed by atoms with Crippen LogP contribution in [0.1, 0.15) is 62.3 Å². The summed E-state index contributed by atoms with van der Waals surface area (Å²) in [5.41, 5.74) is 4.43. The first kappa shape index (κ1) is 27.7. The highest BCUT2D eigenvalue weighted by atomic mass is 79.9. The average Bonchev–Trinajstić information content (AvgIpc) is 2.86. The molecule has 0 heterocycles. The maximum absolute atomic E-state index is 13.7. The van der Waals surface area contributed by atoms with Gasteiger partial charge < -0.3 is 10.2 Å². The Hall–Kier alpha value is -2.92. The minimum Gasteiger partial charge on any atom is -0.352 e. The van der Waals surface area contributed by atoms with Crippen LogP contribution in [0.2, 0.25) is 0 Å². The molecule has 1 atom stereocenters. The molecule has 0 aromatic heterocycles. The Labute approximate surface area is 224 Å². The number of nitrogens with one attached hydrogen (secondary N) is 1. The molecule has 0 spiro atoms. The van der Waals surface area contributed by atoms with E-state index in [1.165, 1.54) is 5.56 Å². The molecule has 36 heavy (non-hydrogen) atoms. The Morgan fingerprint density at radius 1 is 0.806 bits per heavy atom. The fourth-order valence-electron chi connectivity index (χ4n) is 4.19. The zero-order valence-electron chi connectivity index (χ0n) is 21.7. The molecular formula is C31H37BrN2O2. The van der Waals surface area contributed by atoms with Crippen LogP contribution in [0.25, 0.3) is 0 Å². The lowest BCUT2D eigenvalue weighted by molar-refractivity contribution is -0.141. The topological polar surface area (TPSA) is 49.4 Å². The molecule has 0 fully saturated rings. The number of hydrogen-bond acceptors (Lipinski definition) is 2.